The van der Waals surface area contributed by atoms with Gasteiger partial charge in [0.05, 0.1) is 11.1 Å². The lowest BCUT2D eigenvalue weighted by Gasteiger charge is -1.99. The van der Waals surface area contributed by atoms with Crippen molar-refractivity contribution in [1.29, 1.82) is 0 Å². The van der Waals surface area contributed by atoms with Crippen LogP contribution in [0.3, 0.4) is 0 Å². The van der Waals surface area contributed by atoms with E-state index in [0.29, 0.717) is 5.30 Å². The van der Waals surface area contributed by atoms with Crippen molar-refractivity contribution in [2.24, 2.45) is 0 Å². The van der Waals surface area contributed by atoms with Crippen LogP contribution in [0.1, 0.15) is 20.7 Å². The number of rotatable bonds is 2. The standard InChI is InChI=1S/C8H7O4P/c9-7(10)4-1-5(8(11)12)3-6(13)2-4/h1-3H,13H2,(H,9,10)(H,11,12). The van der Waals surface area contributed by atoms with Gasteiger partial charge in [0.2, 0.25) is 0 Å². The van der Waals surface area contributed by atoms with Gasteiger partial charge in [0, 0.05) is 0 Å². The molecule has 1 aromatic rings. The second-order valence-electron chi connectivity index (χ2n) is 2.45. The predicted molar refractivity (Wildman–Crippen MR) is 49.7 cm³/mol. The first-order valence-corrected chi connectivity index (χ1v) is 3.95. The Hall–Kier alpha value is -1.41. The molecule has 0 aromatic heterocycles. The third-order valence-corrected chi connectivity index (χ3v) is 1.78. The van der Waals surface area contributed by atoms with Gasteiger partial charge in [0.15, 0.2) is 0 Å². The van der Waals surface area contributed by atoms with E-state index in [1.807, 2.05) is 0 Å². The van der Waals surface area contributed by atoms with Gasteiger partial charge in [-0.15, -0.1) is 9.24 Å². The summed E-state index contributed by atoms with van der Waals surface area (Å²) in [6, 6.07) is 3.90. The van der Waals surface area contributed by atoms with E-state index in [-0.39, 0.29) is 11.1 Å². The van der Waals surface area contributed by atoms with Crippen LogP contribution in [0.4, 0.5) is 0 Å². The van der Waals surface area contributed by atoms with Crippen molar-refractivity contribution in [3.63, 3.8) is 0 Å². The highest BCUT2D eigenvalue weighted by atomic mass is 31.0. The SMILES string of the molecule is O=C(O)c1cc(P)cc(C(=O)O)c1. The number of aromatic carboxylic acids is 2. The van der Waals surface area contributed by atoms with Crippen LogP contribution in [-0.2, 0) is 0 Å². The largest absolute Gasteiger partial charge is 0.478 e. The second kappa shape index (κ2) is 3.54. The first-order chi connectivity index (χ1) is 6.00. The van der Waals surface area contributed by atoms with Crippen LogP contribution >= 0.6 is 9.24 Å². The maximum Gasteiger partial charge on any atom is 0.335 e. The zero-order chi connectivity index (χ0) is 10.0. The van der Waals surface area contributed by atoms with Crippen molar-refractivity contribution in [1.82, 2.24) is 0 Å². The van der Waals surface area contributed by atoms with Gasteiger partial charge in [-0.05, 0) is 23.5 Å². The molecule has 0 fully saturated rings. The van der Waals surface area contributed by atoms with Crippen molar-refractivity contribution in [3.05, 3.63) is 29.3 Å². The number of carboxylic acids is 2. The second-order valence-corrected chi connectivity index (χ2v) is 3.12. The molecule has 0 saturated heterocycles. The van der Waals surface area contributed by atoms with Gasteiger partial charge in [0.25, 0.3) is 0 Å². The zero-order valence-corrected chi connectivity index (χ0v) is 7.68. The van der Waals surface area contributed by atoms with E-state index >= 15 is 0 Å². The summed E-state index contributed by atoms with van der Waals surface area (Å²) in [5.41, 5.74) is -0.0465. The van der Waals surface area contributed by atoms with Crippen molar-refractivity contribution in [3.8, 4) is 0 Å². The molecule has 1 aromatic carbocycles. The molecule has 2 N–H and O–H groups in total. The quantitative estimate of drug-likeness (QED) is 0.681. The molecule has 0 amide bonds. The molecule has 1 unspecified atom stereocenters. The highest BCUT2D eigenvalue weighted by molar-refractivity contribution is 7.27. The first-order valence-electron chi connectivity index (χ1n) is 3.38. The highest BCUT2D eigenvalue weighted by Crippen LogP contribution is 2.05. The Bertz CT molecular complexity index is 340. The Balaban J connectivity index is 3.26. The van der Waals surface area contributed by atoms with E-state index in [0.717, 1.165) is 6.07 Å². The van der Waals surface area contributed by atoms with Crippen LogP contribution in [-0.4, -0.2) is 22.2 Å². The van der Waals surface area contributed by atoms with Crippen molar-refractivity contribution in [2.45, 2.75) is 0 Å². The van der Waals surface area contributed by atoms with E-state index in [1.165, 1.54) is 12.1 Å². The van der Waals surface area contributed by atoms with Gasteiger partial charge in [-0.25, -0.2) is 9.59 Å². The highest BCUT2D eigenvalue weighted by Gasteiger charge is 2.09. The molecule has 0 radical (unpaired) electrons. The van der Waals surface area contributed by atoms with E-state index in [9.17, 15) is 9.59 Å². The number of carboxylic acid groups (broad SMARTS) is 2. The normalized spacial score (nSPS) is 9.62. The van der Waals surface area contributed by atoms with Crippen molar-refractivity contribution >= 4 is 26.5 Å². The molecule has 0 spiro atoms. The van der Waals surface area contributed by atoms with Gasteiger partial charge < -0.3 is 10.2 Å². The summed E-state index contributed by atoms with van der Waals surface area (Å²) in [5, 5.41) is 17.8. The lowest BCUT2D eigenvalue weighted by Crippen LogP contribution is -2.07. The van der Waals surface area contributed by atoms with E-state index in [2.05, 4.69) is 9.24 Å². The third kappa shape index (κ3) is 2.26. The molecule has 5 heteroatoms. The summed E-state index contributed by atoms with van der Waals surface area (Å²) in [6.07, 6.45) is 0. The molecular formula is C8H7O4P. The predicted octanol–water partition coefficient (Wildman–Crippen LogP) is 0.583. The summed E-state index contributed by atoms with van der Waals surface area (Å²) >= 11 is 0. The maximum atomic E-state index is 10.5. The molecule has 0 aliphatic heterocycles. The van der Waals surface area contributed by atoms with E-state index < -0.39 is 11.9 Å². The minimum Gasteiger partial charge on any atom is -0.478 e. The van der Waals surface area contributed by atoms with E-state index in [1.54, 1.807) is 0 Å². The fourth-order valence-corrected chi connectivity index (χ4v) is 1.26. The van der Waals surface area contributed by atoms with Crippen LogP contribution in [0.25, 0.3) is 0 Å². The van der Waals surface area contributed by atoms with Crippen LogP contribution in [0.2, 0.25) is 0 Å². The third-order valence-electron chi connectivity index (χ3n) is 1.45. The summed E-state index contributed by atoms with van der Waals surface area (Å²) in [5.74, 6) is -2.27. The summed E-state index contributed by atoms with van der Waals surface area (Å²) in [4.78, 5) is 21.1. The molecule has 4 nitrogen and oxygen atoms in total. The number of carbonyl (C=O) groups is 2. The fraction of sp³-hybridized carbons (Fsp3) is 0. The molecule has 0 aliphatic carbocycles. The smallest absolute Gasteiger partial charge is 0.335 e. The Labute approximate surface area is 76.4 Å². The number of hydrogen-bond donors (Lipinski definition) is 2. The van der Waals surface area contributed by atoms with Gasteiger partial charge in [-0.3, -0.25) is 0 Å². The Morgan fingerprint density at radius 1 is 1.00 bits per heavy atom. The zero-order valence-electron chi connectivity index (χ0n) is 6.52. The minimum absolute atomic E-state index is 0.0232. The molecule has 68 valence electrons. The number of hydrogen-bond acceptors (Lipinski definition) is 2. The molecule has 0 aliphatic rings. The topological polar surface area (TPSA) is 74.6 Å². The van der Waals surface area contributed by atoms with Gasteiger partial charge in [-0.2, -0.15) is 0 Å². The van der Waals surface area contributed by atoms with Crippen LogP contribution in [0.15, 0.2) is 18.2 Å². The first kappa shape index (κ1) is 9.68. The minimum atomic E-state index is -1.13. The summed E-state index contributed by atoms with van der Waals surface area (Å²) in [6.45, 7) is 0. The average molecular weight is 198 g/mol. The lowest BCUT2D eigenvalue weighted by molar-refractivity contribution is 0.0696. The number of benzene rings is 1. The maximum absolute atomic E-state index is 10.5. The molecule has 1 atom stereocenters. The summed E-state index contributed by atoms with van der Waals surface area (Å²) < 4.78 is 0. The average Bonchev–Trinajstić information content (AvgIpc) is 2.03. The molecule has 0 heterocycles. The van der Waals surface area contributed by atoms with Crippen LogP contribution in [0, 0.1) is 0 Å². The Morgan fingerprint density at radius 3 is 1.69 bits per heavy atom. The molecule has 0 bridgehead atoms. The molecular weight excluding hydrogens is 191 g/mol. The monoisotopic (exact) mass is 198 g/mol. The Kier molecular flexibility index (Phi) is 2.63. The van der Waals surface area contributed by atoms with Gasteiger partial charge in [-0.1, -0.05) is 0 Å². The molecule has 1 rings (SSSR count). The van der Waals surface area contributed by atoms with E-state index in [4.69, 9.17) is 10.2 Å². The fourth-order valence-electron chi connectivity index (χ4n) is 0.899. The van der Waals surface area contributed by atoms with Crippen LogP contribution < -0.4 is 5.30 Å². The van der Waals surface area contributed by atoms with Crippen molar-refractivity contribution < 1.29 is 19.8 Å². The van der Waals surface area contributed by atoms with Crippen molar-refractivity contribution in [2.75, 3.05) is 0 Å². The molecule has 13 heavy (non-hydrogen) atoms. The van der Waals surface area contributed by atoms with Crippen LogP contribution in [0.5, 0.6) is 0 Å². The van der Waals surface area contributed by atoms with Gasteiger partial charge in [0.1, 0.15) is 0 Å². The Morgan fingerprint density at radius 2 is 1.38 bits per heavy atom. The summed E-state index contributed by atoms with van der Waals surface area (Å²) in [7, 11) is 2.26. The van der Waals surface area contributed by atoms with Gasteiger partial charge >= 0.3 is 11.9 Å². The lowest BCUT2D eigenvalue weighted by atomic mass is 10.1. The molecule has 0 saturated carbocycles.